The molecule has 0 bridgehead atoms. The molecule has 5 nitrogen and oxygen atoms in total. The molecule has 1 aromatic rings. The molecule has 0 amide bonds. The van der Waals surface area contributed by atoms with Crippen LogP contribution in [0.2, 0.25) is 0 Å². The van der Waals surface area contributed by atoms with E-state index in [4.69, 9.17) is 10.5 Å². The maximum Gasteiger partial charge on any atom is 0.137 e. The first-order valence-corrected chi connectivity index (χ1v) is 7.09. The van der Waals surface area contributed by atoms with Gasteiger partial charge in [0.25, 0.3) is 0 Å². The topological polar surface area (TPSA) is 64.3 Å². The zero-order chi connectivity index (χ0) is 13.7. The number of rotatable bonds is 5. The minimum absolute atomic E-state index is 0.587. The van der Waals surface area contributed by atoms with Crippen molar-refractivity contribution in [3.63, 3.8) is 0 Å². The molecule has 1 aromatic heterocycles. The molecule has 0 spiro atoms. The summed E-state index contributed by atoms with van der Waals surface area (Å²) in [6.45, 7) is 5.02. The molecule has 1 fully saturated rings. The summed E-state index contributed by atoms with van der Waals surface area (Å²) < 4.78 is 5.28. The van der Waals surface area contributed by atoms with Gasteiger partial charge in [0.05, 0.1) is 6.61 Å². The van der Waals surface area contributed by atoms with E-state index in [-0.39, 0.29) is 0 Å². The van der Waals surface area contributed by atoms with Crippen LogP contribution in [0.15, 0.2) is 6.33 Å². The fourth-order valence-electron chi connectivity index (χ4n) is 2.81. The molecule has 0 aromatic carbocycles. The summed E-state index contributed by atoms with van der Waals surface area (Å²) in [7, 11) is 1.77. The van der Waals surface area contributed by atoms with Crippen LogP contribution < -0.4 is 10.6 Å². The van der Waals surface area contributed by atoms with Gasteiger partial charge in [0, 0.05) is 25.8 Å². The Morgan fingerprint density at radius 1 is 1.47 bits per heavy atom. The quantitative estimate of drug-likeness (QED) is 0.879. The summed E-state index contributed by atoms with van der Waals surface area (Å²) >= 11 is 0. The van der Waals surface area contributed by atoms with Crippen LogP contribution in [0.5, 0.6) is 0 Å². The number of hydrogen-bond acceptors (Lipinski definition) is 5. The highest BCUT2D eigenvalue weighted by molar-refractivity contribution is 5.56. The first-order chi connectivity index (χ1) is 9.26. The number of ether oxygens (including phenoxy) is 1. The van der Waals surface area contributed by atoms with E-state index in [1.54, 1.807) is 13.4 Å². The van der Waals surface area contributed by atoms with E-state index >= 15 is 0 Å². The van der Waals surface area contributed by atoms with Crippen molar-refractivity contribution >= 4 is 11.6 Å². The van der Waals surface area contributed by atoms with Crippen molar-refractivity contribution in [2.75, 3.05) is 37.4 Å². The number of nitrogens with two attached hydrogens (primary N) is 1. The lowest BCUT2D eigenvalue weighted by Gasteiger charge is -2.34. The molecule has 1 saturated heterocycles. The highest BCUT2D eigenvalue weighted by Gasteiger charge is 2.23. The highest BCUT2D eigenvalue weighted by atomic mass is 16.5. The molecular weight excluding hydrogens is 240 g/mol. The Labute approximate surface area is 115 Å². The third-order valence-corrected chi connectivity index (χ3v) is 3.68. The van der Waals surface area contributed by atoms with Crippen molar-refractivity contribution in [1.82, 2.24) is 9.97 Å². The lowest BCUT2D eigenvalue weighted by molar-refractivity contribution is 0.143. The fourth-order valence-corrected chi connectivity index (χ4v) is 2.81. The number of anilines is 2. The summed E-state index contributed by atoms with van der Waals surface area (Å²) in [5, 5.41) is 0. The van der Waals surface area contributed by atoms with Crippen molar-refractivity contribution in [1.29, 1.82) is 0 Å². The zero-order valence-electron chi connectivity index (χ0n) is 11.9. The van der Waals surface area contributed by atoms with Crippen molar-refractivity contribution in [2.24, 2.45) is 5.92 Å². The minimum atomic E-state index is 0.587. The zero-order valence-corrected chi connectivity index (χ0v) is 11.9. The van der Waals surface area contributed by atoms with Crippen molar-refractivity contribution in [2.45, 2.75) is 32.6 Å². The fraction of sp³-hybridized carbons (Fsp3) is 0.714. The molecule has 106 valence electrons. The van der Waals surface area contributed by atoms with Crippen LogP contribution in [0.25, 0.3) is 0 Å². The van der Waals surface area contributed by atoms with E-state index in [0.717, 1.165) is 43.9 Å². The Kier molecular flexibility index (Phi) is 4.96. The number of methoxy groups -OCH3 is 1. The number of nitrogens with zero attached hydrogens (tertiary/aromatic N) is 3. The van der Waals surface area contributed by atoms with Gasteiger partial charge in [-0.25, -0.2) is 9.97 Å². The van der Waals surface area contributed by atoms with Crippen LogP contribution in [0.1, 0.15) is 31.7 Å². The van der Waals surface area contributed by atoms with Gasteiger partial charge >= 0.3 is 0 Å². The van der Waals surface area contributed by atoms with E-state index in [2.05, 4.69) is 21.8 Å². The summed E-state index contributed by atoms with van der Waals surface area (Å²) in [5.74, 6) is 2.24. The summed E-state index contributed by atoms with van der Waals surface area (Å²) in [4.78, 5) is 10.9. The SMILES string of the molecule is CCCc1c(N)ncnc1N1CCCC(COC)C1. The minimum Gasteiger partial charge on any atom is -0.384 e. The van der Waals surface area contributed by atoms with Crippen molar-refractivity contribution in [3.05, 3.63) is 11.9 Å². The molecule has 5 heteroatoms. The monoisotopic (exact) mass is 264 g/mol. The van der Waals surface area contributed by atoms with Gasteiger partial charge in [0.2, 0.25) is 0 Å². The van der Waals surface area contributed by atoms with Gasteiger partial charge in [-0.05, 0) is 25.2 Å². The molecule has 2 heterocycles. The Bertz CT molecular complexity index is 408. The standard InChI is InChI=1S/C14H24N4O/c1-3-5-12-13(15)16-10-17-14(12)18-7-4-6-11(8-18)9-19-2/h10-11H,3-9H2,1-2H3,(H2,15,16,17). The van der Waals surface area contributed by atoms with Gasteiger partial charge in [-0.1, -0.05) is 13.3 Å². The predicted molar refractivity (Wildman–Crippen MR) is 77.3 cm³/mol. The summed E-state index contributed by atoms with van der Waals surface area (Å²) in [6.07, 6.45) is 5.98. The highest BCUT2D eigenvalue weighted by Crippen LogP contribution is 2.27. The van der Waals surface area contributed by atoms with Gasteiger partial charge in [0.1, 0.15) is 18.0 Å². The van der Waals surface area contributed by atoms with Gasteiger partial charge in [-0.3, -0.25) is 0 Å². The van der Waals surface area contributed by atoms with Crippen LogP contribution >= 0.6 is 0 Å². The molecule has 1 atom stereocenters. The van der Waals surface area contributed by atoms with Gasteiger partial charge in [-0.2, -0.15) is 0 Å². The van der Waals surface area contributed by atoms with Crippen LogP contribution in [-0.4, -0.2) is 36.8 Å². The molecule has 1 aliphatic heterocycles. The largest absolute Gasteiger partial charge is 0.384 e. The van der Waals surface area contributed by atoms with E-state index in [9.17, 15) is 0 Å². The summed E-state index contributed by atoms with van der Waals surface area (Å²) in [5.41, 5.74) is 7.11. The lowest BCUT2D eigenvalue weighted by atomic mass is 9.98. The van der Waals surface area contributed by atoms with E-state index < -0.39 is 0 Å². The Morgan fingerprint density at radius 3 is 3.05 bits per heavy atom. The number of hydrogen-bond donors (Lipinski definition) is 1. The second kappa shape index (κ2) is 6.70. The maximum atomic E-state index is 6.00. The second-order valence-corrected chi connectivity index (χ2v) is 5.22. The Morgan fingerprint density at radius 2 is 2.32 bits per heavy atom. The van der Waals surface area contributed by atoms with Gasteiger partial charge < -0.3 is 15.4 Å². The lowest BCUT2D eigenvalue weighted by Crippen LogP contribution is -2.38. The Balaban J connectivity index is 2.18. The maximum absolute atomic E-state index is 6.00. The number of piperidine rings is 1. The van der Waals surface area contributed by atoms with Gasteiger partial charge in [-0.15, -0.1) is 0 Å². The Hall–Kier alpha value is -1.36. The smallest absolute Gasteiger partial charge is 0.137 e. The normalized spacial score (nSPS) is 19.7. The molecule has 2 rings (SSSR count). The molecule has 2 N–H and O–H groups in total. The van der Waals surface area contributed by atoms with E-state index in [0.29, 0.717) is 11.7 Å². The molecule has 0 aliphatic carbocycles. The van der Waals surface area contributed by atoms with E-state index in [1.165, 1.54) is 12.8 Å². The third kappa shape index (κ3) is 3.35. The molecule has 19 heavy (non-hydrogen) atoms. The number of aromatic nitrogens is 2. The van der Waals surface area contributed by atoms with Crippen molar-refractivity contribution < 1.29 is 4.74 Å². The van der Waals surface area contributed by atoms with Crippen LogP contribution in [0.3, 0.4) is 0 Å². The van der Waals surface area contributed by atoms with Crippen LogP contribution in [0, 0.1) is 5.92 Å². The van der Waals surface area contributed by atoms with Gasteiger partial charge in [0.15, 0.2) is 0 Å². The molecule has 0 saturated carbocycles. The molecule has 1 aliphatic rings. The van der Waals surface area contributed by atoms with Crippen LogP contribution in [0.4, 0.5) is 11.6 Å². The van der Waals surface area contributed by atoms with Crippen LogP contribution in [-0.2, 0) is 11.2 Å². The average Bonchev–Trinajstić information content (AvgIpc) is 2.42. The van der Waals surface area contributed by atoms with E-state index in [1.807, 2.05) is 0 Å². The molecular formula is C14H24N4O. The molecule has 0 radical (unpaired) electrons. The first-order valence-electron chi connectivity index (χ1n) is 7.09. The van der Waals surface area contributed by atoms with Crippen molar-refractivity contribution in [3.8, 4) is 0 Å². The third-order valence-electron chi connectivity index (χ3n) is 3.68. The molecule has 1 unspecified atom stereocenters. The summed E-state index contributed by atoms with van der Waals surface area (Å²) in [6, 6.07) is 0. The number of nitrogen functional groups attached to an aromatic ring is 1. The second-order valence-electron chi connectivity index (χ2n) is 5.22. The predicted octanol–water partition coefficient (Wildman–Crippen LogP) is 1.87. The first kappa shape index (κ1) is 14.1. The average molecular weight is 264 g/mol.